The topological polar surface area (TPSA) is 13.1 Å². The highest BCUT2D eigenvalue weighted by Crippen LogP contribution is 2.16. The first-order valence-corrected chi connectivity index (χ1v) is 5.91. The predicted octanol–water partition coefficient (Wildman–Crippen LogP) is 2.95. The second-order valence-electron chi connectivity index (χ2n) is 4.02. The summed E-state index contributed by atoms with van der Waals surface area (Å²) in [6.45, 7) is 0. The number of methoxy groups -OCH3 is 1. The summed E-state index contributed by atoms with van der Waals surface area (Å²) in [5.74, 6) is 0. The van der Waals surface area contributed by atoms with Crippen LogP contribution in [0.15, 0.2) is 66.5 Å². The molecule has 2 nitrogen and oxygen atoms in total. The highest BCUT2D eigenvalue weighted by molar-refractivity contribution is 5.26. The van der Waals surface area contributed by atoms with Gasteiger partial charge in [-0.25, -0.2) is 0 Å². The maximum absolute atomic E-state index is 5.55. The van der Waals surface area contributed by atoms with Crippen LogP contribution in [0, 0.1) is 0 Å². The van der Waals surface area contributed by atoms with E-state index in [9.17, 15) is 0 Å². The third-order valence-electron chi connectivity index (χ3n) is 2.83. The zero-order chi connectivity index (χ0) is 11.9. The molecule has 2 heteroatoms. The molecular weight excluding hydrogens is 210 g/mol. The predicted molar refractivity (Wildman–Crippen MR) is 68.3 cm³/mol. The Bertz CT molecular complexity index is 431. The van der Waals surface area contributed by atoms with E-state index in [1.807, 2.05) is 30.6 Å². The Kier molecular flexibility index (Phi) is 4.28. The Morgan fingerprint density at radius 3 is 2.82 bits per heavy atom. The van der Waals surface area contributed by atoms with E-state index < -0.39 is 0 Å². The molecule has 0 saturated heterocycles. The molecule has 0 saturated carbocycles. The van der Waals surface area contributed by atoms with Crippen LogP contribution in [0.25, 0.3) is 0 Å². The monoisotopic (exact) mass is 228 g/mol. The fourth-order valence-corrected chi connectivity index (χ4v) is 1.89. The Morgan fingerprint density at radius 2 is 2.06 bits per heavy atom. The smallest absolute Gasteiger partial charge is 0.266 e. The minimum absolute atomic E-state index is 0.0604. The molecule has 17 heavy (non-hydrogen) atoms. The van der Waals surface area contributed by atoms with Crippen molar-refractivity contribution < 1.29 is 9.30 Å². The Balaban J connectivity index is 2.08. The molecule has 88 valence electrons. The van der Waals surface area contributed by atoms with Crippen molar-refractivity contribution in [1.82, 2.24) is 0 Å². The molecule has 0 bridgehead atoms. The van der Waals surface area contributed by atoms with Crippen molar-refractivity contribution in [2.75, 3.05) is 7.11 Å². The van der Waals surface area contributed by atoms with E-state index in [1.54, 1.807) is 7.11 Å². The maximum Gasteiger partial charge on any atom is 0.266 e. The van der Waals surface area contributed by atoms with Gasteiger partial charge in [0.25, 0.3) is 6.23 Å². The van der Waals surface area contributed by atoms with Crippen LogP contribution < -0.4 is 4.57 Å². The average molecular weight is 228 g/mol. The number of hydrogen-bond acceptors (Lipinski definition) is 1. The van der Waals surface area contributed by atoms with Gasteiger partial charge in [0.2, 0.25) is 0 Å². The third kappa shape index (κ3) is 3.40. The molecule has 0 amide bonds. The van der Waals surface area contributed by atoms with Crippen LogP contribution in [0.4, 0.5) is 0 Å². The zero-order valence-corrected chi connectivity index (χ0v) is 10.1. The maximum atomic E-state index is 5.55. The van der Waals surface area contributed by atoms with Gasteiger partial charge in [0.05, 0.1) is 6.42 Å². The van der Waals surface area contributed by atoms with Crippen LogP contribution >= 0.6 is 0 Å². The van der Waals surface area contributed by atoms with Crippen molar-refractivity contribution in [2.24, 2.45) is 0 Å². The van der Waals surface area contributed by atoms with Crippen molar-refractivity contribution in [3.63, 3.8) is 0 Å². The highest BCUT2D eigenvalue weighted by atomic mass is 16.5. The number of aromatic nitrogens is 1. The summed E-state index contributed by atoms with van der Waals surface area (Å²) in [6.07, 6.45) is 16.7. The molecule has 1 aromatic rings. The van der Waals surface area contributed by atoms with E-state index in [4.69, 9.17) is 4.74 Å². The number of hydrogen-bond donors (Lipinski definition) is 0. The van der Waals surface area contributed by atoms with Crippen LogP contribution in [0.3, 0.4) is 0 Å². The van der Waals surface area contributed by atoms with Gasteiger partial charge >= 0.3 is 0 Å². The summed E-state index contributed by atoms with van der Waals surface area (Å²) in [5, 5.41) is 0. The lowest BCUT2D eigenvalue weighted by Gasteiger charge is -2.10. The largest absolute Gasteiger partial charge is 0.324 e. The van der Waals surface area contributed by atoms with Crippen molar-refractivity contribution in [3.8, 4) is 0 Å². The minimum Gasteiger partial charge on any atom is -0.324 e. The van der Waals surface area contributed by atoms with E-state index in [1.165, 1.54) is 5.57 Å². The van der Waals surface area contributed by atoms with Crippen LogP contribution in [-0.2, 0) is 4.74 Å². The molecule has 1 unspecified atom stereocenters. The third-order valence-corrected chi connectivity index (χ3v) is 2.83. The number of rotatable bonds is 4. The standard InChI is InChI=1S/C15H18NO/c1-17-15(16-11-7-4-8-12-16)13-14-9-5-2-3-6-10-14/h2-5,7-12,15H,6,13H2,1H3/q+1. The fraction of sp³-hybridized carbons (Fsp3) is 0.267. The van der Waals surface area contributed by atoms with Crippen molar-refractivity contribution in [3.05, 3.63) is 66.5 Å². The minimum atomic E-state index is 0.0604. The van der Waals surface area contributed by atoms with E-state index in [-0.39, 0.29) is 6.23 Å². The first kappa shape index (κ1) is 11.8. The summed E-state index contributed by atoms with van der Waals surface area (Å²) in [7, 11) is 1.75. The van der Waals surface area contributed by atoms with Crippen molar-refractivity contribution in [1.29, 1.82) is 0 Å². The summed E-state index contributed by atoms with van der Waals surface area (Å²) < 4.78 is 7.64. The van der Waals surface area contributed by atoms with Gasteiger partial charge in [0.1, 0.15) is 0 Å². The van der Waals surface area contributed by atoms with Gasteiger partial charge in [0, 0.05) is 19.2 Å². The van der Waals surface area contributed by atoms with Gasteiger partial charge in [-0.2, -0.15) is 4.57 Å². The molecule has 0 aliphatic heterocycles. The number of allylic oxidation sites excluding steroid dienone is 5. The summed E-state index contributed by atoms with van der Waals surface area (Å²) in [5.41, 5.74) is 1.32. The van der Waals surface area contributed by atoms with Gasteiger partial charge in [-0.1, -0.05) is 36.4 Å². The Labute approximate surface area is 103 Å². The first-order chi connectivity index (χ1) is 8.40. The van der Waals surface area contributed by atoms with Crippen LogP contribution in [0.5, 0.6) is 0 Å². The van der Waals surface area contributed by atoms with Gasteiger partial charge in [0.15, 0.2) is 12.4 Å². The van der Waals surface area contributed by atoms with Crippen molar-refractivity contribution >= 4 is 0 Å². The van der Waals surface area contributed by atoms with E-state index >= 15 is 0 Å². The number of pyridine rings is 1. The van der Waals surface area contributed by atoms with Gasteiger partial charge in [-0.15, -0.1) is 0 Å². The lowest BCUT2D eigenvalue weighted by Crippen LogP contribution is -2.39. The van der Waals surface area contributed by atoms with Crippen LogP contribution in [0.1, 0.15) is 19.1 Å². The lowest BCUT2D eigenvalue weighted by atomic mass is 10.1. The molecule has 2 rings (SSSR count). The lowest BCUT2D eigenvalue weighted by molar-refractivity contribution is -0.760. The van der Waals surface area contributed by atoms with Crippen molar-refractivity contribution in [2.45, 2.75) is 19.1 Å². The second kappa shape index (κ2) is 6.16. The molecule has 0 fully saturated rings. The van der Waals surface area contributed by atoms with Gasteiger partial charge in [-0.3, -0.25) is 0 Å². The van der Waals surface area contributed by atoms with Crippen LogP contribution in [-0.4, -0.2) is 7.11 Å². The zero-order valence-electron chi connectivity index (χ0n) is 10.1. The Hall–Kier alpha value is -1.67. The molecule has 1 heterocycles. The van der Waals surface area contributed by atoms with E-state index in [0.717, 1.165) is 12.8 Å². The fourth-order valence-electron chi connectivity index (χ4n) is 1.89. The van der Waals surface area contributed by atoms with Gasteiger partial charge < -0.3 is 4.74 Å². The quantitative estimate of drug-likeness (QED) is 0.722. The number of ether oxygens (including phenoxy) is 1. The van der Waals surface area contributed by atoms with E-state index in [2.05, 4.69) is 34.9 Å². The van der Waals surface area contributed by atoms with Crippen LogP contribution in [0.2, 0.25) is 0 Å². The first-order valence-electron chi connectivity index (χ1n) is 5.91. The number of nitrogens with zero attached hydrogens (tertiary/aromatic N) is 1. The average Bonchev–Trinajstić information content (AvgIpc) is 2.65. The van der Waals surface area contributed by atoms with E-state index in [0.29, 0.717) is 0 Å². The normalized spacial score (nSPS) is 16.4. The highest BCUT2D eigenvalue weighted by Gasteiger charge is 2.17. The molecule has 1 aliphatic carbocycles. The Morgan fingerprint density at radius 1 is 1.24 bits per heavy atom. The molecule has 0 aromatic carbocycles. The molecule has 0 N–H and O–H groups in total. The summed E-state index contributed by atoms with van der Waals surface area (Å²) in [6, 6.07) is 6.05. The SMILES string of the molecule is COC(CC1=CCC=CC=C1)[n+]1ccccc1. The molecule has 1 aliphatic rings. The molecular formula is C15H18NO+. The molecule has 1 atom stereocenters. The summed E-state index contributed by atoms with van der Waals surface area (Å²) in [4.78, 5) is 0. The molecule has 0 radical (unpaired) electrons. The second-order valence-corrected chi connectivity index (χ2v) is 4.02. The molecule has 0 spiro atoms. The summed E-state index contributed by atoms with van der Waals surface area (Å²) >= 11 is 0. The van der Waals surface area contributed by atoms with Gasteiger partial charge in [-0.05, 0) is 12.0 Å². The molecule has 1 aromatic heterocycles.